The van der Waals surface area contributed by atoms with Gasteiger partial charge in [0.25, 0.3) is 5.91 Å². The number of amides is 6. The summed E-state index contributed by atoms with van der Waals surface area (Å²) in [6.45, 7) is 13.1. The molecule has 2 rings (SSSR count). The number of unbranched alkanes of at least 4 members (excludes halogenated alkanes) is 2. The van der Waals surface area contributed by atoms with E-state index in [1.807, 2.05) is 6.92 Å². The summed E-state index contributed by atoms with van der Waals surface area (Å²) in [5, 5.41) is 0. The first-order valence-corrected chi connectivity index (χ1v) is 14.4. The summed E-state index contributed by atoms with van der Waals surface area (Å²) < 4.78 is 5.90. The fourth-order valence-electron chi connectivity index (χ4n) is 5.82. The molecule has 0 aliphatic carbocycles. The molecule has 0 saturated carbocycles. The van der Waals surface area contributed by atoms with Crippen LogP contribution in [0, 0.1) is 5.41 Å². The van der Waals surface area contributed by atoms with Gasteiger partial charge >= 0.3 is 12.1 Å². The first-order chi connectivity index (χ1) is 17.6. The van der Waals surface area contributed by atoms with Gasteiger partial charge in [-0.05, 0) is 70.1 Å². The molecule has 0 aromatic rings. The molecule has 0 radical (unpaired) electrons. The van der Waals surface area contributed by atoms with Gasteiger partial charge in [-0.15, -0.1) is 0 Å². The van der Waals surface area contributed by atoms with E-state index in [0.29, 0.717) is 26.3 Å². The molecule has 2 aliphatic rings. The van der Waals surface area contributed by atoms with Crippen LogP contribution in [0.5, 0.6) is 0 Å². The van der Waals surface area contributed by atoms with Gasteiger partial charge in [0.15, 0.2) is 0 Å². The van der Waals surface area contributed by atoms with Gasteiger partial charge in [-0.1, -0.05) is 34.1 Å². The van der Waals surface area contributed by atoms with E-state index >= 15 is 0 Å². The Morgan fingerprint density at radius 1 is 0.730 bits per heavy atom. The highest BCUT2D eigenvalue weighted by Crippen LogP contribution is 2.35. The summed E-state index contributed by atoms with van der Waals surface area (Å²) in [5.41, 5.74) is -0.452. The van der Waals surface area contributed by atoms with Gasteiger partial charge in [-0.25, -0.2) is 9.59 Å². The van der Waals surface area contributed by atoms with Crippen LogP contribution in [0.3, 0.4) is 0 Å². The Kier molecular flexibility index (Phi) is 11.9. The van der Waals surface area contributed by atoms with Crippen LogP contribution in [0.2, 0.25) is 0 Å². The predicted molar refractivity (Wildman–Crippen MR) is 144 cm³/mol. The summed E-state index contributed by atoms with van der Waals surface area (Å²) in [4.78, 5) is 56.0. The lowest BCUT2D eigenvalue weighted by atomic mass is 9.77. The fraction of sp³-hybridized carbons (Fsp3) is 0.857. The number of nitrogens with zero attached hydrogens (tertiary/aromatic N) is 4. The molecule has 0 atom stereocenters. The minimum absolute atomic E-state index is 0.0444. The van der Waals surface area contributed by atoms with Crippen molar-refractivity contribution in [2.75, 3.05) is 46.4 Å². The summed E-state index contributed by atoms with van der Waals surface area (Å²) in [6.07, 6.45) is 8.90. The average molecular weight is 523 g/mol. The Morgan fingerprint density at radius 2 is 1.32 bits per heavy atom. The highest BCUT2D eigenvalue weighted by molar-refractivity contribution is 6.03. The molecule has 37 heavy (non-hydrogen) atoms. The van der Waals surface area contributed by atoms with E-state index in [4.69, 9.17) is 4.74 Å². The zero-order chi connectivity index (χ0) is 27.6. The normalized spacial score (nSPS) is 17.2. The monoisotopic (exact) mass is 522 g/mol. The van der Waals surface area contributed by atoms with Crippen molar-refractivity contribution in [1.29, 1.82) is 0 Å². The van der Waals surface area contributed by atoms with Crippen molar-refractivity contribution in [3.05, 3.63) is 0 Å². The van der Waals surface area contributed by atoms with Crippen LogP contribution in [-0.2, 0) is 14.3 Å². The second kappa shape index (κ2) is 14.1. The lowest BCUT2D eigenvalue weighted by molar-refractivity contribution is -0.130. The fourth-order valence-corrected chi connectivity index (χ4v) is 5.82. The van der Waals surface area contributed by atoms with Crippen molar-refractivity contribution in [2.45, 2.75) is 104 Å². The summed E-state index contributed by atoms with van der Waals surface area (Å²) >= 11 is 0. The van der Waals surface area contributed by atoms with Gasteiger partial charge in [0.2, 0.25) is 5.91 Å². The minimum atomic E-state index is -0.408. The molecular weight excluding hydrogens is 472 g/mol. The largest absolute Gasteiger partial charge is 0.381 e. The van der Waals surface area contributed by atoms with Crippen molar-refractivity contribution in [3.63, 3.8) is 0 Å². The number of carbonyl (C=O) groups is 4. The summed E-state index contributed by atoms with van der Waals surface area (Å²) in [7, 11) is 1.68. The minimum Gasteiger partial charge on any atom is -0.381 e. The molecule has 2 saturated heterocycles. The maximum absolute atomic E-state index is 12.6. The Labute approximate surface area is 223 Å². The number of carbonyl (C=O) groups excluding carboxylic acids is 4. The van der Waals surface area contributed by atoms with Crippen LogP contribution < -0.4 is 0 Å². The van der Waals surface area contributed by atoms with Crippen LogP contribution in [0.15, 0.2) is 0 Å². The lowest BCUT2D eigenvalue weighted by Crippen LogP contribution is -2.51. The highest BCUT2D eigenvalue weighted by atomic mass is 16.5. The molecule has 0 unspecified atom stereocenters. The number of hydrogen-bond donors (Lipinski definition) is 0. The smallest absolute Gasteiger partial charge is 0.327 e. The summed E-state index contributed by atoms with van der Waals surface area (Å²) in [5.74, 6) is -0.175. The molecule has 0 aromatic heterocycles. The number of hydrogen-bond acceptors (Lipinski definition) is 5. The number of rotatable bonds is 18. The maximum atomic E-state index is 12.6. The van der Waals surface area contributed by atoms with E-state index in [-0.39, 0.29) is 42.4 Å². The van der Waals surface area contributed by atoms with Gasteiger partial charge < -0.3 is 14.5 Å². The van der Waals surface area contributed by atoms with Crippen LogP contribution in [0.25, 0.3) is 0 Å². The third-order valence-electron chi connectivity index (χ3n) is 8.86. The van der Waals surface area contributed by atoms with Gasteiger partial charge in [0.1, 0.15) is 13.1 Å². The molecule has 9 heteroatoms. The number of likely N-dealkylation sites (N-methyl/N-ethyl adjacent to an activating group) is 2. The third-order valence-corrected chi connectivity index (χ3v) is 8.86. The molecular formula is C28H50N4O5. The van der Waals surface area contributed by atoms with Gasteiger partial charge in [-0.3, -0.25) is 19.4 Å². The Hall–Kier alpha value is -2.16. The van der Waals surface area contributed by atoms with Crippen LogP contribution in [0.1, 0.15) is 98.8 Å². The second-order valence-electron chi connectivity index (χ2n) is 10.8. The molecule has 0 N–H and O–H groups in total. The predicted octanol–water partition coefficient (Wildman–Crippen LogP) is 4.89. The van der Waals surface area contributed by atoms with E-state index < -0.39 is 5.54 Å². The van der Waals surface area contributed by atoms with Crippen molar-refractivity contribution in [1.82, 2.24) is 19.6 Å². The quantitative estimate of drug-likeness (QED) is 0.189. The maximum Gasteiger partial charge on any atom is 0.327 e. The molecule has 2 fully saturated rings. The van der Waals surface area contributed by atoms with Crippen molar-refractivity contribution in [3.8, 4) is 0 Å². The standard InChI is InChI=1S/C28H50N4O5/c1-7-27(8-2,22-31-23(33)21-30(11-5)26(31)36)16-12-14-18-37-19-15-13-17-28(9-3,10-4)32-24(34)20-29(6)25(32)35/h7-22H2,1-6H3. The molecule has 9 nitrogen and oxygen atoms in total. The SMILES string of the molecule is CCN1CC(=O)N(CC(CC)(CC)CCCCOCCCCC(CC)(CC)N2C(=O)CN(C)C2=O)C1=O. The number of imide groups is 2. The lowest BCUT2D eigenvalue weighted by Gasteiger charge is -2.39. The second-order valence-corrected chi connectivity index (χ2v) is 10.8. The van der Waals surface area contributed by atoms with Crippen molar-refractivity contribution < 1.29 is 23.9 Å². The summed E-state index contributed by atoms with van der Waals surface area (Å²) in [6, 6.07) is -0.330. The Bertz CT molecular complexity index is 793. The third kappa shape index (κ3) is 7.24. The van der Waals surface area contributed by atoms with Crippen molar-refractivity contribution >= 4 is 23.9 Å². The first kappa shape index (κ1) is 31.1. The zero-order valence-corrected chi connectivity index (χ0v) is 24.1. The van der Waals surface area contributed by atoms with Crippen molar-refractivity contribution in [2.24, 2.45) is 5.41 Å². The Morgan fingerprint density at radius 3 is 1.78 bits per heavy atom. The topological polar surface area (TPSA) is 90.5 Å². The number of ether oxygens (including phenoxy) is 1. The molecule has 0 aromatic carbocycles. The first-order valence-electron chi connectivity index (χ1n) is 14.4. The van der Waals surface area contributed by atoms with E-state index in [1.165, 1.54) is 14.7 Å². The molecule has 212 valence electrons. The highest BCUT2D eigenvalue weighted by Gasteiger charge is 2.46. The van der Waals surface area contributed by atoms with E-state index in [2.05, 4.69) is 27.7 Å². The van der Waals surface area contributed by atoms with Crippen LogP contribution in [-0.4, -0.2) is 95.5 Å². The zero-order valence-electron chi connectivity index (χ0n) is 24.1. The van der Waals surface area contributed by atoms with E-state index in [1.54, 1.807) is 11.9 Å². The van der Waals surface area contributed by atoms with Gasteiger partial charge in [0.05, 0.1) is 5.54 Å². The molecule has 0 bridgehead atoms. The molecule has 2 heterocycles. The number of urea groups is 2. The molecule has 6 amide bonds. The van der Waals surface area contributed by atoms with Crippen LogP contribution in [0.4, 0.5) is 9.59 Å². The van der Waals surface area contributed by atoms with Crippen LogP contribution >= 0.6 is 0 Å². The Balaban J connectivity index is 1.71. The molecule has 2 aliphatic heterocycles. The van der Waals surface area contributed by atoms with E-state index in [0.717, 1.165) is 64.2 Å². The molecule has 0 spiro atoms. The van der Waals surface area contributed by atoms with Gasteiger partial charge in [0, 0.05) is 33.4 Å². The van der Waals surface area contributed by atoms with E-state index in [9.17, 15) is 19.2 Å². The van der Waals surface area contributed by atoms with Gasteiger partial charge in [-0.2, -0.15) is 0 Å². The average Bonchev–Trinajstić information content (AvgIpc) is 3.32.